The van der Waals surface area contributed by atoms with Gasteiger partial charge in [0, 0.05) is 12.6 Å². The smallest absolute Gasteiger partial charge is 0.307 e. The first-order valence-electron chi connectivity index (χ1n) is 7.20. The van der Waals surface area contributed by atoms with Crippen LogP contribution in [0, 0.1) is 0 Å². The minimum Gasteiger partial charge on any atom is -0.481 e. The van der Waals surface area contributed by atoms with Crippen molar-refractivity contribution in [1.82, 2.24) is 10.2 Å². The largest absolute Gasteiger partial charge is 0.481 e. The van der Waals surface area contributed by atoms with Gasteiger partial charge < -0.3 is 15.3 Å². The lowest BCUT2D eigenvalue weighted by molar-refractivity contribution is -0.136. The summed E-state index contributed by atoms with van der Waals surface area (Å²) in [7, 11) is 2.13. The van der Waals surface area contributed by atoms with Crippen LogP contribution in [0.5, 0.6) is 0 Å². The number of carboxylic acids is 1. The summed E-state index contributed by atoms with van der Waals surface area (Å²) in [5.41, 5.74) is 1.97. The van der Waals surface area contributed by atoms with Crippen LogP contribution in [0.25, 0.3) is 0 Å². The Hall–Kier alpha value is -1.39. The van der Waals surface area contributed by atoms with Crippen molar-refractivity contribution in [1.29, 1.82) is 0 Å². The van der Waals surface area contributed by atoms with Gasteiger partial charge in [-0.2, -0.15) is 0 Å². The second kappa shape index (κ2) is 8.72. The Morgan fingerprint density at radius 1 is 1.30 bits per heavy atom. The van der Waals surface area contributed by atoms with Crippen molar-refractivity contribution in [3.8, 4) is 0 Å². The Labute approximate surface area is 121 Å². The predicted octanol–water partition coefficient (Wildman–Crippen LogP) is 2.13. The van der Waals surface area contributed by atoms with Crippen LogP contribution >= 0.6 is 0 Å². The van der Waals surface area contributed by atoms with Gasteiger partial charge in [0.1, 0.15) is 0 Å². The number of hydrogen-bond acceptors (Lipinski definition) is 3. The van der Waals surface area contributed by atoms with Crippen LogP contribution in [0.3, 0.4) is 0 Å². The van der Waals surface area contributed by atoms with Crippen LogP contribution in [0.15, 0.2) is 24.3 Å². The highest BCUT2D eigenvalue weighted by atomic mass is 16.4. The van der Waals surface area contributed by atoms with Crippen molar-refractivity contribution in [3.63, 3.8) is 0 Å². The van der Waals surface area contributed by atoms with Crippen molar-refractivity contribution in [2.24, 2.45) is 0 Å². The van der Waals surface area contributed by atoms with Crippen LogP contribution in [-0.2, 0) is 17.8 Å². The third-order valence-corrected chi connectivity index (χ3v) is 3.52. The zero-order valence-corrected chi connectivity index (χ0v) is 12.7. The highest BCUT2D eigenvalue weighted by Crippen LogP contribution is 2.09. The monoisotopic (exact) mass is 278 g/mol. The fraction of sp³-hybridized carbons (Fsp3) is 0.562. The molecule has 0 bridgehead atoms. The average molecular weight is 278 g/mol. The zero-order chi connectivity index (χ0) is 15.0. The number of nitrogens with one attached hydrogen (secondary N) is 1. The fourth-order valence-corrected chi connectivity index (χ4v) is 2.00. The summed E-state index contributed by atoms with van der Waals surface area (Å²) in [5.74, 6) is -0.781. The minimum absolute atomic E-state index is 0.0912. The number of carboxylic acid groups (broad SMARTS) is 1. The maximum Gasteiger partial charge on any atom is 0.307 e. The van der Waals surface area contributed by atoms with Crippen LogP contribution in [0.1, 0.15) is 31.4 Å². The van der Waals surface area contributed by atoms with E-state index in [0.717, 1.165) is 37.2 Å². The summed E-state index contributed by atoms with van der Waals surface area (Å²) < 4.78 is 0. The van der Waals surface area contributed by atoms with E-state index in [0.29, 0.717) is 6.04 Å². The molecule has 1 rings (SSSR count). The molecule has 0 atom stereocenters. The standard InChI is InChI=1S/C16H26N2O2/c1-13(2)18(3)10-6-9-17-12-15-8-5-4-7-14(15)11-16(19)20/h4-5,7-8,13,17H,6,9-12H2,1-3H3,(H,19,20). The molecule has 2 N–H and O–H groups in total. The van der Waals surface area contributed by atoms with Crippen LogP contribution in [0.4, 0.5) is 0 Å². The first-order valence-corrected chi connectivity index (χ1v) is 7.20. The molecule has 0 fully saturated rings. The molecule has 112 valence electrons. The van der Waals surface area contributed by atoms with E-state index in [1.54, 1.807) is 0 Å². The van der Waals surface area contributed by atoms with E-state index in [-0.39, 0.29) is 6.42 Å². The van der Waals surface area contributed by atoms with Gasteiger partial charge in [-0.05, 0) is 51.5 Å². The van der Waals surface area contributed by atoms with Gasteiger partial charge in [0.05, 0.1) is 6.42 Å². The summed E-state index contributed by atoms with van der Waals surface area (Å²) in [4.78, 5) is 13.1. The van der Waals surface area contributed by atoms with Crippen molar-refractivity contribution in [2.75, 3.05) is 20.1 Å². The van der Waals surface area contributed by atoms with Gasteiger partial charge in [0.2, 0.25) is 0 Å². The molecule has 4 heteroatoms. The Balaban J connectivity index is 2.33. The molecular weight excluding hydrogens is 252 g/mol. The van der Waals surface area contributed by atoms with Crippen molar-refractivity contribution < 1.29 is 9.90 Å². The number of hydrogen-bond donors (Lipinski definition) is 2. The molecule has 0 spiro atoms. The Bertz CT molecular complexity index is 419. The molecule has 0 saturated carbocycles. The first-order chi connectivity index (χ1) is 9.50. The molecule has 0 aliphatic rings. The molecule has 1 aromatic rings. The van der Waals surface area contributed by atoms with E-state index in [4.69, 9.17) is 5.11 Å². The Morgan fingerprint density at radius 2 is 1.95 bits per heavy atom. The summed E-state index contributed by atoms with van der Waals surface area (Å²) >= 11 is 0. The van der Waals surface area contributed by atoms with E-state index in [1.165, 1.54) is 0 Å². The summed E-state index contributed by atoms with van der Waals surface area (Å²) in [5, 5.41) is 12.3. The van der Waals surface area contributed by atoms with Crippen molar-refractivity contribution in [3.05, 3.63) is 35.4 Å². The van der Waals surface area contributed by atoms with Crippen LogP contribution in [-0.4, -0.2) is 42.2 Å². The van der Waals surface area contributed by atoms with Gasteiger partial charge in [-0.3, -0.25) is 4.79 Å². The van der Waals surface area contributed by atoms with Crippen molar-refractivity contribution in [2.45, 2.75) is 39.3 Å². The second-order valence-electron chi connectivity index (χ2n) is 5.44. The summed E-state index contributed by atoms with van der Waals surface area (Å²) in [6.07, 6.45) is 1.18. The molecule has 0 amide bonds. The lowest BCUT2D eigenvalue weighted by Gasteiger charge is -2.20. The number of nitrogens with zero attached hydrogens (tertiary/aromatic N) is 1. The molecule has 1 aromatic carbocycles. The lowest BCUT2D eigenvalue weighted by Crippen LogP contribution is -2.29. The van der Waals surface area contributed by atoms with Gasteiger partial charge >= 0.3 is 5.97 Å². The van der Waals surface area contributed by atoms with E-state index < -0.39 is 5.97 Å². The van der Waals surface area contributed by atoms with Gasteiger partial charge in [-0.15, -0.1) is 0 Å². The molecule has 0 aliphatic carbocycles. The highest BCUT2D eigenvalue weighted by molar-refractivity contribution is 5.70. The van der Waals surface area contributed by atoms with E-state index in [9.17, 15) is 4.79 Å². The maximum atomic E-state index is 10.8. The van der Waals surface area contributed by atoms with Gasteiger partial charge in [-0.25, -0.2) is 0 Å². The molecule has 0 aromatic heterocycles. The fourth-order valence-electron chi connectivity index (χ4n) is 2.00. The molecular formula is C16H26N2O2. The first kappa shape index (κ1) is 16.7. The maximum absolute atomic E-state index is 10.8. The number of rotatable bonds is 9. The van der Waals surface area contributed by atoms with Gasteiger partial charge in [-0.1, -0.05) is 24.3 Å². The topological polar surface area (TPSA) is 52.6 Å². The van der Waals surface area contributed by atoms with Crippen LogP contribution in [0.2, 0.25) is 0 Å². The molecule has 4 nitrogen and oxygen atoms in total. The third kappa shape index (κ3) is 6.17. The number of benzene rings is 1. The molecule has 0 heterocycles. The van der Waals surface area contributed by atoms with E-state index in [1.807, 2.05) is 24.3 Å². The lowest BCUT2D eigenvalue weighted by atomic mass is 10.0. The molecule has 0 unspecified atom stereocenters. The highest BCUT2D eigenvalue weighted by Gasteiger charge is 2.06. The third-order valence-electron chi connectivity index (χ3n) is 3.52. The normalized spacial score (nSPS) is 11.2. The zero-order valence-electron chi connectivity index (χ0n) is 12.7. The average Bonchev–Trinajstić information content (AvgIpc) is 2.39. The molecule has 0 radical (unpaired) electrons. The van der Waals surface area contributed by atoms with Gasteiger partial charge in [0.25, 0.3) is 0 Å². The molecule has 0 aliphatic heterocycles. The quantitative estimate of drug-likeness (QED) is 0.680. The Kier molecular flexibility index (Phi) is 7.26. The van der Waals surface area contributed by atoms with Gasteiger partial charge in [0.15, 0.2) is 0 Å². The number of carbonyl (C=O) groups is 1. The summed E-state index contributed by atoms with van der Waals surface area (Å²) in [6, 6.07) is 8.29. The minimum atomic E-state index is -0.781. The molecule has 20 heavy (non-hydrogen) atoms. The molecule has 0 saturated heterocycles. The number of aliphatic carboxylic acids is 1. The van der Waals surface area contributed by atoms with E-state index >= 15 is 0 Å². The second-order valence-corrected chi connectivity index (χ2v) is 5.44. The predicted molar refractivity (Wildman–Crippen MR) is 81.9 cm³/mol. The Morgan fingerprint density at radius 3 is 2.55 bits per heavy atom. The van der Waals surface area contributed by atoms with Crippen LogP contribution < -0.4 is 5.32 Å². The van der Waals surface area contributed by atoms with Crippen molar-refractivity contribution >= 4 is 5.97 Å². The SMILES string of the molecule is CC(C)N(C)CCCNCc1ccccc1CC(=O)O. The summed E-state index contributed by atoms with van der Waals surface area (Å²) in [6.45, 7) is 7.12. The van der Waals surface area contributed by atoms with E-state index in [2.05, 4.69) is 31.1 Å².